The van der Waals surface area contributed by atoms with E-state index in [1.54, 1.807) is 57.4 Å². The van der Waals surface area contributed by atoms with Crippen molar-refractivity contribution in [1.82, 2.24) is 19.6 Å². The van der Waals surface area contributed by atoms with E-state index >= 15 is 0 Å². The molecule has 0 radical (unpaired) electrons. The third-order valence-electron chi connectivity index (χ3n) is 10.3. The van der Waals surface area contributed by atoms with E-state index in [0.29, 0.717) is 41.5 Å². The number of aliphatic hydroxyl groups is 1. The molecule has 2 aromatic carbocycles. The van der Waals surface area contributed by atoms with Gasteiger partial charge in [0, 0.05) is 47.9 Å². The van der Waals surface area contributed by atoms with Gasteiger partial charge in [0.15, 0.2) is 10.6 Å². The van der Waals surface area contributed by atoms with Crippen LogP contribution in [0, 0.1) is 17.8 Å². The number of nitrogens with one attached hydrogen (secondary N) is 4. The van der Waals surface area contributed by atoms with Gasteiger partial charge in [-0.1, -0.05) is 44.6 Å². The monoisotopic (exact) mass is 863 g/mol. The number of sulfonamides is 1. The molecule has 0 bridgehead atoms. The lowest BCUT2D eigenvalue weighted by molar-refractivity contribution is -0.146. The summed E-state index contributed by atoms with van der Waals surface area (Å²) < 4.78 is 32.5. The minimum absolute atomic E-state index is 0.0298. The number of hydrogen-bond donors (Lipinski definition) is 6. The zero-order chi connectivity index (χ0) is 43.6. The molecule has 1 unspecified atom stereocenters. The number of benzene rings is 2. The van der Waals surface area contributed by atoms with Gasteiger partial charge < -0.3 is 36.1 Å². The van der Waals surface area contributed by atoms with Gasteiger partial charge >= 0.3 is 0 Å². The Morgan fingerprint density at radius 2 is 1.82 bits per heavy atom. The summed E-state index contributed by atoms with van der Waals surface area (Å²) in [6, 6.07) is 13.5. The second-order valence-electron chi connectivity index (χ2n) is 15.8. The van der Waals surface area contributed by atoms with Crippen LogP contribution in [0.15, 0.2) is 75.8 Å². The zero-order valence-corrected chi connectivity index (χ0v) is 36.4. The molecule has 4 atom stereocenters. The van der Waals surface area contributed by atoms with Crippen molar-refractivity contribution in [3.8, 4) is 17.1 Å². The highest BCUT2D eigenvalue weighted by Gasteiger charge is 2.42. The van der Waals surface area contributed by atoms with Crippen LogP contribution in [-0.4, -0.2) is 84.5 Å². The summed E-state index contributed by atoms with van der Waals surface area (Å²) in [5.41, 5.74) is 7.92. The number of ether oxygens (including phenoxy) is 1. The van der Waals surface area contributed by atoms with Gasteiger partial charge in [0.1, 0.15) is 22.8 Å². The fraction of sp³-hybridized carbons (Fsp3) is 0.465. The molecule has 4 heterocycles. The van der Waals surface area contributed by atoms with Gasteiger partial charge in [-0.25, -0.2) is 18.1 Å². The van der Waals surface area contributed by atoms with Crippen molar-refractivity contribution in [3.63, 3.8) is 0 Å². The van der Waals surface area contributed by atoms with Gasteiger partial charge in [-0.15, -0.1) is 11.3 Å². The number of thiazole rings is 1. The molecule has 1 saturated carbocycles. The number of pyridine rings is 1. The van der Waals surface area contributed by atoms with Crippen molar-refractivity contribution >= 4 is 60.8 Å². The molecule has 60 heavy (non-hydrogen) atoms. The van der Waals surface area contributed by atoms with Crippen LogP contribution in [-0.2, 0) is 24.4 Å². The highest BCUT2D eigenvalue weighted by molar-refractivity contribution is 7.90. The summed E-state index contributed by atoms with van der Waals surface area (Å²) in [6.45, 7) is 8.87. The first kappa shape index (κ1) is 45.8. The van der Waals surface area contributed by atoms with Gasteiger partial charge in [0.25, 0.3) is 15.9 Å². The molecule has 324 valence electrons. The average molecular weight is 864 g/mol. The Labute approximate surface area is 355 Å². The molecule has 7 N–H and O–H groups in total. The Morgan fingerprint density at radius 1 is 1.05 bits per heavy atom. The third kappa shape index (κ3) is 12.2. The Bertz CT molecular complexity index is 2320. The van der Waals surface area contributed by atoms with E-state index in [4.69, 9.17) is 10.5 Å². The van der Waals surface area contributed by atoms with Crippen LogP contribution in [0.2, 0.25) is 0 Å². The van der Waals surface area contributed by atoms with E-state index < -0.39 is 34.0 Å². The molecule has 7 rings (SSSR count). The first-order chi connectivity index (χ1) is 28.6. The number of likely N-dealkylation sites (tertiary alicyclic amines) is 1. The van der Waals surface area contributed by atoms with Crippen LogP contribution in [0.3, 0.4) is 0 Å². The van der Waals surface area contributed by atoms with E-state index in [0.717, 1.165) is 61.4 Å². The maximum absolute atomic E-state index is 12.5. The summed E-state index contributed by atoms with van der Waals surface area (Å²) in [5, 5.41) is 19.5. The van der Waals surface area contributed by atoms with E-state index in [1.807, 2.05) is 11.4 Å². The number of carbonyl (C=O) groups is 3. The van der Waals surface area contributed by atoms with Crippen LogP contribution in [0.4, 0.5) is 10.8 Å². The molecule has 2 aromatic heterocycles. The van der Waals surface area contributed by atoms with Crippen molar-refractivity contribution in [2.45, 2.75) is 95.7 Å². The molecule has 0 spiro atoms. The summed E-state index contributed by atoms with van der Waals surface area (Å²) >= 11 is 1.52. The number of aromatic amines is 1. The van der Waals surface area contributed by atoms with Gasteiger partial charge in [-0.3, -0.25) is 19.2 Å². The number of fused-ring (bicyclic) bond motifs is 3. The number of nitrogens with two attached hydrogens (primary N) is 1. The summed E-state index contributed by atoms with van der Waals surface area (Å²) in [5.74, 6) is -0.741. The third-order valence-corrected chi connectivity index (χ3v) is 12.5. The van der Waals surface area contributed by atoms with Crippen molar-refractivity contribution in [2.24, 2.45) is 23.5 Å². The first-order valence-electron chi connectivity index (χ1n) is 20.4. The van der Waals surface area contributed by atoms with Crippen molar-refractivity contribution in [1.29, 1.82) is 0 Å². The number of carbonyl (C=O) groups excluding carboxylic acids is 3. The Kier molecular flexibility index (Phi) is 15.9. The second kappa shape index (κ2) is 20.8. The van der Waals surface area contributed by atoms with Crippen LogP contribution < -0.4 is 31.3 Å². The number of allylic oxidation sites excluding steroid dienone is 2. The minimum atomic E-state index is -3.84. The molecule has 2 fully saturated rings. The van der Waals surface area contributed by atoms with Gasteiger partial charge in [-0.2, -0.15) is 0 Å². The fourth-order valence-electron chi connectivity index (χ4n) is 6.89. The lowest BCUT2D eigenvalue weighted by Gasteiger charge is -2.26. The van der Waals surface area contributed by atoms with Crippen LogP contribution in [0.1, 0.15) is 72.6 Å². The van der Waals surface area contributed by atoms with E-state index in [1.165, 1.54) is 22.3 Å². The number of methoxy groups -OCH3 is 1. The molecule has 17 heteroatoms. The molecule has 15 nitrogen and oxygen atoms in total. The van der Waals surface area contributed by atoms with E-state index in [-0.39, 0.29) is 34.0 Å². The Balaban J connectivity index is 0.000000175. The van der Waals surface area contributed by atoms with Crippen LogP contribution in [0.25, 0.3) is 22.3 Å². The number of nitrogens with zero attached hydrogens (tertiary/aromatic N) is 2. The Hall–Kier alpha value is -5.26. The first-order valence-corrected chi connectivity index (χ1v) is 22.7. The molecule has 4 aromatic rings. The molecule has 1 saturated heterocycles. The molecule has 1 aliphatic carbocycles. The maximum atomic E-state index is 12.5. The number of hydrogen-bond acceptors (Lipinski definition) is 12. The van der Waals surface area contributed by atoms with Crippen LogP contribution >= 0.6 is 11.3 Å². The highest BCUT2D eigenvalue weighted by atomic mass is 32.2. The fourth-order valence-corrected chi connectivity index (χ4v) is 8.96. The second-order valence-corrected chi connectivity index (χ2v) is 18.3. The number of rotatable bonds is 7. The normalized spacial score (nSPS) is 20.9. The largest absolute Gasteiger partial charge is 0.497 e. The van der Waals surface area contributed by atoms with Crippen molar-refractivity contribution < 1.29 is 32.6 Å². The predicted molar refractivity (Wildman–Crippen MR) is 235 cm³/mol. The van der Waals surface area contributed by atoms with E-state index in [9.17, 15) is 32.7 Å². The van der Waals surface area contributed by atoms with Gasteiger partial charge in [0.2, 0.25) is 11.8 Å². The lowest BCUT2D eigenvalue weighted by atomic mass is 10.1. The number of H-pyrrole nitrogens is 1. The quantitative estimate of drug-likeness (QED) is 0.125. The number of aliphatic hydroxyl groups excluding tert-OH is 1. The Morgan fingerprint density at radius 3 is 2.53 bits per heavy atom. The predicted octanol–water partition coefficient (Wildman–Crippen LogP) is 5.63. The van der Waals surface area contributed by atoms with Crippen LogP contribution in [0.5, 0.6) is 5.75 Å². The number of amides is 3. The summed E-state index contributed by atoms with van der Waals surface area (Å²) in [4.78, 5) is 56.6. The molecular formula is C43H57N7O8S2. The number of para-hydroxylation sites is 1. The average Bonchev–Trinajstić information content (AvgIpc) is 3.55. The van der Waals surface area contributed by atoms with Gasteiger partial charge in [-0.05, 0) is 88.5 Å². The van der Waals surface area contributed by atoms with Crippen molar-refractivity contribution in [3.05, 3.63) is 76.3 Å². The smallest absolute Gasteiger partial charge is 0.266 e. The van der Waals surface area contributed by atoms with Crippen molar-refractivity contribution in [2.75, 3.05) is 30.8 Å². The number of anilines is 2. The highest BCUT2D eigenvalue weighted by Crippen LogP contribution is 2.40. The number of primary amides is 1. The lowest BCUT2D eigenvalue weighted by Crippen LogP contribution is -2.48. The molecule has 2 aliphatic heterocycles. The zero-order valence-electron chi connectivity index (χ0n) is 34.8. The minimum Gasteiger partial charge on any atom is -0.497 e. The molecule has 3 amide bonds. The maximum Gasteiger partial charge on any atom is 0.266 e. The SMILES string of the molecule is CC(C)C(O)C(=O)N1CCC[C@H]1C(N)=O.COc1ccc2c(=O)cc(-c3csc(NC(C)C)n3)[nH]c2c1.O=C1NS(=O)(=O)c2ccccc2NCCCCC/C=C\[C@@H]2C[C@H]12. The van der Waals surface area contributed by atoms with Gasteiger partial charge in [0.05, 0.1) is 29.7 Å². The summed E-state index contributed by atoms with van der Waals surface area (Å²) in [7, 11) is -2.24. The summed E-state index contributed by atoms with van der Waals surface area (Å²) in [6.07, 6.45) is 9.45. The topological polar surface area (TPSA) is 226 Å². The molecular weight excluding hydrogens is 807 g/mol. The number of aromatic nitrogens is 2. The molecule has 3 aliphatic rings. The van der Waals surface area contributed by atoms with E-state index in [2.05, 4.69) is 51.3 Å². The standard InChI is InChI=1S/C17H22N2O3S.C16H17N3O2S.C10H18N2O3/c20-17-14-12-13(14)8-4-2-1-3-7-11-18-15-9-5-6-10-16(15)23(21,22)19-17;1-9(2)17-16-19-14(8-22-16)13-7-15(20)11-5-4-10(21-3)6-12(11)18-13;1-6(2)8(13)10(15)12-5-3-4-7(12)9(11)14/h4-6,8-10,13-14,18H,1-3,7,11-12H2,(H,19,20);4-9H,1-3H3,(H,17,19)(H,18,20);6-8,13H,3-5H2,1-2H3,(H2,11,14)/b8-4-;;/t13-,14+;;7-,8?/m1.0/s1.